The van der Waals surface area contributed by atoms with Gasteiger partial charge >= 0.3 is 0 Å². The Morgan fingerprint density at radius 2 is 2.19 bits per heavy atom. The molecule has 0 aliphatic carbocycles. The Balaban J connectivity index is 1.69. The van der Waals surface area contributed by atoms with E-state index >= 15 is 0 Å². The number of amides is 1. The normalized spacial score (nSPS) is 13.3. The first-order valence-corrected chi connectivity index (χ1v) is 6.94. The summed E-state index contributed by atoms with van der Waals surface area (Å²) in [5, 5.41) is 5.86. The summed E-state index contributed by atoms with van der Waals surface area (Å²) in [6.07, 6.45) is 1.29. The SMILES string of the molecule is CNc1cccc(COc2ccc3c(c2)CCC(=O)N3)n1. The van der Waals surface area contributed by atoms with Crippen LogP contribution in [0.2, 0.25) is 0 Å². The first-order valence-electron chi connectivity index (χ1n) is 6.94. The molecule has 0 unspecified atom stereocenters. The fourth-order valence-corrected chi connectivity index (χ4v) is 2.31. The number of anilines is 2. The van der Waals surface area contributed by atoms with Gasteiger partial charge in [-0.3, -0.25) is 4.79 Å². The van der Waals surface area contributed by atoms with Gasteiger partial charge in [0.25, 0.3) is 0 Å². The van der Waals surface area contributed by atoms with Crippen molar-refractivity contribution in [1.29, 1.82) is 0 Å². The number of rotatable bonds is 4. The zero-order chi connectivity index (χ0) is 14.7. The zero-order valence-electron chi connectivity index (χ0n) is 11.8. The van der Waals surface area contributed by atoms with Crippen molar-refractivity contribution >= 4 is 17.4 Å². The highest BCUT2D eigenvalue weighted by Crippen LogP contribution is 2.27. The van der Waals surface area contributed by atoms with Gasteiger partial charge in [-0.15, -0.1) is 0 Å². The van der Waals surface area contributed by atoms with Crippen molar-refractivity contribution < 1.29 is 9.53 Å². The lowest BCUT2D eigenvalue weighted by Crippen LogP contribution is -2.18. The van der Waals surface area contributed by atoms with Gasteiger partial charge in [-0.05, 0) is 42.3 Å². The van der Waals surface area contributed by atoms with Gasteiger partial charge in [0.1, 0.15) is 18.2 Å². The molecule has 2 N–H and O–H groups in total. The zero-order valence-corrected chi connectivity index (χ0v) is 11.8. The average molecular weight is 283 g/mol. The van der Waals surface area contributed by atoms with E-state index in [9.17, 15) is 4.79 Å². The van der Waals surface area contributed by atoms with E-state index in [2.05, 4.69) is 15.6 Å². The van der Waals surface area contributed by atoms with Gasteiger partial charge in [0.15, 0.2) is 0 Å². The van der Waals surface area contributed by atoms with Crippen LogP contribution < -0.4 is 15.4 Å². The van der Waals surface area contributed by atoms with Gasteiger partial charge < -0.3 is 15.4 Å². The molecule has 1 amide bonds. The van der Waals surface area contributed by atoms with Gasteiger partial charge in [0, 0.05) is 19.2 Å². The number of ether oxygens (including phenoxy) is 1. The maximum absolute atomic E-state index is 11.3. The monoisotopic (exact) mass is 283 g/mol. The van der Waals surface area contributed by atoms with Gasteiger partial charge in [-0.25, -0.2) is 4.98 Å². The second kappa shape index (κ2) is 5.83. The third-order valence-corrected chi connectivity index (χ3v) is 3.42. The number of nitrogens with one attached hydrogen (secondary N) is 2. The minimum atomic E-state index is 0.0734. The van der Waals surface area contributed by atoms with E-state index in [1.807, 2.05) is 43.4 Å². The molecule has 0 radical (unpaired) electrons. The fourth-order valence-electron chi connectivity index (χ4n) is 2.31. The van der Waals surface area contributed by atoms with Crippen LogP contribution in [0.4, 0.5) is 11.5 Å². The van der Waals surface area contributed by atoms with Crippen molar-refractivity contribution in [3.05, 3.63) is 47.7 Å². The number of hydrogen-bond donors (Lipinski definition) is 2. The maximum Gasteiger partial charge on any atom is 0.224 e. The molecular formula is C16H17N3O2. The van der Waals surface area contributed by atoms with Crippen molar-refractivity contribution in [3.63, 3.8) is 0 Å². The topological polar surface area (TPSA) is 63.2 Å². The Kier molecular flexibility index (Phi) is 3.73. The first kappa shape index (κ1) is 13.4. The number of fused-ring (bicyclic) bond motifs is 1. The Bertz CT molecular complexity index is 670. The molecule has 0 bridgehead atoms. The number of carbonyl (C=O) groups excluding carboxylic acids is 1. The summed E-state index contributed by atoms with van der Waals surface area (Å²) in [7, 11) is 1.84. The van der Waals surface area contributed by atoms with E-state index in [1.54, 1.807) is 0 Å². The van der Waals surface area contributed by atoms with E-state index in [1.165, 1.54) is 0 Å². The summed E-state index contributed by atoms with van der Waals surface area (Å²) >= 11 is 0. The molecular weight excluding hydrogens is 266 g/mol. The molecule has 0 spiro atoms. The molecule has 108 valence electrons. The smallest absolute Gasteiger partial charge is 0.224 e. The highest BCUT2D eigenvalue weighted by atomic mass is 16.5. The molecule has 3 rings (SSSR count). The van der Waals surface area contributed by atoms with E-state index in [4.69, 9.17) is 4.74 Å². The molecule has 1 aliphatic rings. The van der Waals surface area contributed by atoms with Gasteiger partial charge in [0.05, 0.1) is 5.69 Å². The van der Waals surface area contributed by atoms with Crippen LogP contribution in [0.15, 0.2) is 36.4 Å². The average Bonchev–Trinajstić information content (AvgIpc) is 2.53. The Hall–Kier alpha value is -2.56. The number of benzene rings is 1. The number of pyridine rings is 1. The summed E-state index contributed by atoms with van der Waals surface area (Å²) in [5.74, 6) is 1.69. The Morgan fingerprint density at radius 3 is 3.05 bits per heavy atom. The second-order valence-electron chi connectivity index (χ2n) is 4.92. The van der Waals surface area contributed by atoms with Crippen LogP contribution in [-0.2, 0) is 17.8 Å². The van der Waals surface area contributed by atoms with Crippen molar-refractivity contribution in [3.8, 4) is 5.75 Å². The summed E-state index contributed by atoms with van der Waals surface area (Å²) in [6, 6.07) is 11.5. The molecule has 5 heteroatoms. The molecule has 0 fully saturated rings. The summed E-state index contributed by atoms with van der Waals surface area (Å²) < 4.78 is 5.78. The highest BCUT2D eigenvalue weighted by Gasteiger charge is 2.15. The molecule has 5 nitrogen and oxygen atoms in total. The van der Waals surface area contributed by atoms with Crippen LogP contribution in [0.25, 0.3) is 0 Å². The van der Waals surface area contributed by atoms with Crippen LogP contribution >= 0.6 is 0 Å². The minimum Gasteiger partial charge on any atom is -0.487 e. The van der Waals surface area contributed by atoms with Crippen LogP contribution in [0.1, 0.15) is 17.7 Å². The van der Waals surface area contributed by atoms with Crippen LogP contribution in [0.3, 0.4) is 0 Å². The third kappa shape index (κ3) is 3.13. The predicted octanol–water partition coefficient (Wildman–Crippen LogP) is 2.59. The second-order valence-corrected chi connectivity index (χ2v) is 4.92. The lowest BCUT2D eigenvalue weighted by atomic mass is 10.0. The third-order valence-electron chi connectivity index (χ3n) is 3.42. The molecule has 2 aromatic rings. The lowest BCUT2D eigenvalue weighted by Gasteiger charge is -2.17. The molecule has 1 aromatic heterocycles. The van der Waals surface area contributed by atoms with Crippen LogP contribution in [0.5, 0.6) is 5.75 Å². The molecule has 1 aromatic carbocycles. The van der Waals surface area contributed by atoms with E-state index in [0.717, 1.165) is 34.9 Å². The van der Waals surface area contributed by atoms with E-state index in [0.29, 0.717) is 13.0 Å². The Labute approximate surface area is 123 Å². The van der Waals surface area contributed by atoms with E-state index < -0.39 is 0 Å². The number of nitrogens with zero attached hydrogens (tertiary/aromatic N) is 1. The quantitative estimate of drug-likeness (QED) is 0.905. The summed E-state index contributed by atoms with van der Waals surface area (Å²) in [4.78, 5) is 15.7. The van der Waals surface area contributed by atoms with E-state index in [-0.39, 0.29) is 5.91 Å². The summed E-state index contributed by atoms with van der Waals surface area (Å²) in [6.45, 7) is 0.417. The van der Waals surface area contributed by atoms with Crippen molar-refractivity contribution in [2.45, 2.75) is 19.4 Å². The van der Waals surface area contributed by atoms with Crippen molar-refractivity contribution in [2.75, 3.05) is 17.7 Å². The molecule has 0 atom stereocenters. The largest absolute Gasteiger partial charge is 0.487 e. The number of hydrogen-bond acceptors (Lipinski definition) is 4. The molecule has 21 heavy (non-hydrogen) atoms. The van der Waals surface area contributed by atoms with Crippen LogP contribution in [0, 0.1) is 0 Å². The number of carbonyl (C=O) groups is 1. The maximum atomic E-state index is 11.3. The molecule has 1 aliphatic heterocycles. The van der Waals surface area contributed by atoms with Crippen molar-refractivity contribution in [2.24, 2.45) is 0 Å². The van der Waals surface area contributed by atoms with Gasteiger partial charge in [-0.2, -0.15) is 0 Å². The predicted molar refractivity (Wildman–Crippen MR) is 81.5 cm³/mol. The minimum absolute atomic E-state index is 0.0734. The Morgan fingerprint density at radius 1 is 1.29 bits per heavy atom. The summed E-state index contributed by atoms with van der Waals surface area (Å²) in [5.41, 5.74) is 2.87. The van der Waals surface area contributed by atoms with Gasteiger partial charge in [0.2, 0.25) is 5.91 Å². The molecule has 0 saturated heterocycles. The van der Waals surface area contributed by atoms with Crippen LogP contribution in [-0.4, -0.2) is 17.9 Å². The number of aryl methyl sites for hydroxylation is 1. The molecule has 2 heterocycles. The molecule has 0 saturated carbocycles. The standard InChI is InChI=1S/C16H17N3O2/c1-17-15-4-2-3-12(18-15)10-21-13-6-7-14-11(9-13)5-8-16(20)19-14/h2-4,6-7,9H,5,8,10H2,1H3,(H,17,18)(H,19,20). The van der Waals surface area contributed by atoms with Crippen molar-refractivity contribution in [1.82, 2.24) is 4.98 Å². The number of aromatic nitrogens is 1. The lowest BCUT2D eigenvalue weighted by molar-refractivity contribution is -0.116. The fraction of sp³-hybridized carbons (Fsp3) is 0.250. The van der Waals surface area contributed by atoms with Gasteiger partial charge in [-0.1, -0.05) is 6.07 Å². The highest BCUT2D eigenvalue weighted by molar-refractivity contribution is 5.93. The first-order chi connectivity index (χ1) is 10.2.